The number of ketones is 2. The monoisotopic (exact) mass is 1030 g/mol. The Hall–Kier alpha value is -7.66. The van der Waals surface area contributed by atoms with Gasteiger partial charge in [-0.3, -0.25) is 28.8 Å². The molecule has 4 amide bonds. The van der Waals surface area contributed by atoms with E-state index in [0.29, 0.717) is 50.3 Å². The highest BCUT2D eigenvalue weighted by atomic mass is 16.5. The second-order valence-corrected chi connectivity index (χ2v) is 20.8. The Morgan fingerprint density at radius 2 is 0.701 bits per heavy atom. The van der Waals surface area contributed by atoms with Gasteiger partial charge in [-0.25, -0.2) is 0 Å². The Morgan fingerprint density at radius 3 is 1.00 bits per heavy atom. The smallest absolute Gasteiger partial charge is 0.295 e. The topological polar surface area (TPSA) is 142 Å². The summed E-state index contributed by atoms with van der Waals surface area (Å²) in [7, 11) is 0. The van der Waals surface area contributed by atoms with Crippen LogP contribution in [0.4, 0.5) is 0 Å². The molecule has 6 aromatic carbocycles. The van der Waals surface area contributed by atoms with Crippen LogP contribution in [0, 0.1) is 0 Å². The van der Waals surface area contributed by atoms with Gasteiger partial charge in [-0.15, -0.1) is 0 Å². The SMILES string of the molecule is O=C(C(=O)N1CCCC[C@H]1C(=O)NC(CCCc1ccccc1)CCCc1ccccc1)c1ccc(Oc2ccc(C(=O)C(=O)N3CCCC[C@H]3C(=O)NC(CCCc3ccccc3)CCCc3ccccc3)cc2)cc1. The van der Waals surface area contributed by atoms with E-state index in [4.69, 9.17) is 4.74 Å². The van der Waals surface area contributed by atoms with E-state index in [0.717, 1.165) is 89.9 Å². The van der Waals surface area contributed by atoms with E-state index in [9.17, 15) is 28.8 Å². The molecule has 8 rings (SSSR count). The van der Waals surface area contributed by atoms with E-state index in [1.54, 1.807) is 24.3 Å². The number of hydrogen-bond donors (Lipinski definition) is 2. The molecule has 0 bridgehead atoms. The number of carbonyl (C=O) groups excluding carboxylic acids is 6. The molecule has 0 aliphatic carbocycles. The predicted molar refractivity (Wildman–Crippen MR) is 302 cm³/mol. The van der Waals surface area contributed by atoms with E-state index >= 15 is 0 Å². The molecule has 11 nitrogen and oxygen atoms in total. The molecular weight excluding hydrogens is 961 g/mol. The Labute approximate surface area is 454 Å². The van der Waals surface area contributed by atoms with Gasteiger partial charge in [-0.1, -0.05) is 121 Å². The first-order chi connectivity index (χ1) is 37.7. The molecule has 2 saturated heterocycles. The van der Waals surface area contributed by atoms with Crippen LogP contribution in [0.3, 0.4) is 0 Å². The lowest BCUT2D eigenvalue weighted by atomic mass is 9.96. The minimum absolute atomic E-state index is 0.0660. The van der Waals surface area contributed by atoms with Gasteiger partial charge >= 0.3 is 0 Å². The highest BCUT2D eigenvalue weighted by Crippen LogP contribution is 2.26. The number of nitrogens with zero attached hydrogens (tertiary/aromatic N) is 2. The number of piperidine rings is 2. The first-order valence-corrected chi connectivity index (χ1v) is 28.0. The van der Waals surface area contributed by atoms with Crippen molar-refractivity contribution in [2.75, 3.05) is 13.1 Å². The number of aryl methyl sites for hydroxylation is 4. The van der Waals surface area contributed by atoms with Gasteiger partial charge in [0.2, 0.25) is 23.4 Å². The Balaban J connectivity index is 0.835. The van der Waals surface area contributed by atoms with Gasteiger partial charge in [0.1, 0.15) is 23.6 Å². The quantitative estimate of drug-likeness (QED) is 0.0407. The fourth-order valence-electron chi connectivity index (χ4n) is 10.8. The maximum atomic E-state index is 14.0. The van der Waals surface area contributed by atoms with Crippen molar-refractivity contribution in [3.05, 3.63) is 203 Å². The molecule has 400 valence electrons. The lowest BCUT2D eigenvalue weighted by Crippen LogP contribution is -2.55. The normalized spacial score (nSPS) is 15.5. The number of rotatable bonds is 26. The van der Waals surface area contributed by atoms with Gasteiger partial charge < -0.3 is 25.2 Å². The van der Waals surface area contributed by atoms with Gasteiger partial charge in [0.15, 0.2) is 0 Å². The number of benzene rings is 6. The third kappa shape index (κ3) is 16.7. The summed E-state index contributed by atoms with van der Waals surface area (Å²) in [4.78, 5) is 86.3. The van der Waals surface area contributed by atoms with E-state index in [1.165, 1.54) is 56.3 Å². The number of amides is 4. The first-order valence-electron chi connectivity index (χ1n) is 28.0. The average Bonchev–Trinajstić information content (AvgIpc) is 3.48. The van der Waals surface area contributed by atoms with Crippen molar-refractivity contribution in [3.63, 3.8) is 0 Å². The third-order valence-corrected chi connectivity index (χ3v) is 15.1. The zero-order chi connectivity index (χ0) is 53.6. The van der Waals surface area contributed by atoms with Crippen LogP contribution < -0.4 is 15.4 Å². The second kappa shape index (κ2) is 29.0. The molecule has 2 fully saturated rings. The van der Waals surface area contributed by atoms with Crippen LogP contribution in [0.15, 0.2) is 170 Å². The van der Waals surface area contributed by atoms with Crippen LogP contribution in [0.1, 0.15) is 133 Å². The lowest BCUT2D eigenvalue weighted by molar-refractivity contribution is -0.139. The van der Waals surface area contributed by atoms with Crippen LogP contribution in [-0.4, -0.2) is 82.3 Å². The Bertz CT molecular complexity index is 2540. The first kappa shape index (κ1) is 55.6. The predicted octanol–water partition coefficient (Wildman–Crippen LogP) is 11.7. The summed E-state index contributed by atoms with van der Waals surface area (Å²) in [6.07, 6.45) is 14.4. The van der Waals surface area contributed by atoms with Crippen molar-refractivity contribution in [2.24, 2.45) is 0 Å². The molecule has 2 aliphatic heterocycles. The van der Waals surface area contributed by atoms with Crippen LogP contribution in [-0.2, 0) is 44.9 Å². The van der Waals surface area contributed by atoms with Gasteiger partial charge in [0, 0.05) is 36.3 Å². The third-order valence-electron chi connectivity index (χ3n) is 15.1. The molecule has 0 saturated carbocycles. The minimum atomic E-state index is -0.738. The lowest BCUT2D eigenvalue weighted by Gasteiger charge is -2.35. The van der Waals surface area contributed by atoms with Gasteiger partial charge in [0.25, 0.3) is 11.8 Å². The molecular formula is C66H74N4O7. The maximum absolute atomic E-state index is 14.0. The second-order valence-electron chi connectivity index (χ2n) is 20.8. The largest absolute Gasteiger partial charge is 0.457 e. The highest BCUT2D eigenvalue weighted by Gasteiger charge is 2.38. The molecule has 0 spiro atoms. The van der Waals surface area contributed by atoms with Crippen molar-refractivity contribution < 1.29 is 33.5 Å². The zero-order valence-electron chi connectivity index (χ0n) is 44.4. The summed E-state index contributed by atoms with van der Waals surface area (Å²) in [5, 5.41) is 6.60. The Kier molecular flexibility index (Phi) is 20.9. The highest BCUT2D eigenvalue weighted by molar-refractivity contribution is 6.43. The van der Waals surface area contributed by atoms with Gasteiger partial charge in [-0.2, -0.15) is 0 Å². The molecule has 0 unspecified atom stereocenters. The van der Waals surface area contributed by atoms with Crippen molar-refractivity contribution in [1.82, 2.24) is 20.4 Å². The number of nitrogens with one attached hydrogen (secondary N) is 2. The van der Waals surface area contributed by atoms with Gasteiger partial charge in [-0.05, 0) is 186 Å². The van der Waals surface area contributed by atoms with Crippen molar-refractivity contribution >= 4 is 35.2 Å². The summed E-state index contributed by atoms with van der Waals surface area (Å²) < 4.78 is 6.07. The Morgan fingerprint density at radius 1 is 0.403 bits per heavy atom. The number of carbonyl (C=O) groups is 6. The molecule has 77 heavy (non-hydrogen) atoms. The minimum Gasteiger partial charge on any atom is -0.457 e. The molecule has 2 N–H and O–H groups in total. The molecule has 11 heteroatoms. The standard InChI is InChI=1S/C66H74N4O7/c71-61(65(75)69-47-15-13-37-59(69)63(73)67-55(33-17-29-49-21-5-1-6-22-49)34-18-30-50-23-7-2-8-24-50)53-39-43-57(44-40-53)77-58-45-41-54(42-46-58)62(72)66(76)70-48-16-14-38-60(70)64(74)68-56(35-19-31-51-25-9-3-10-26-51)36-20-32-52-27-11-4-12-28-52/h1-12,21-28,39-46,55-56,59-60H,13-20,29-38,47-48H2,(H,67,73)(H,68,74)/t59-,60-/m0/s1. The molecule has 0 radical (unpaired) electrons. The maximum Gasteiger partial charge on any atom is 0.295 e. The fourth-order valence-corrected chi connectivity index (χ4v) is 10.8. The molecule has 2 heterocycles. The average molecular weight is 1040 g/mol. The van der Waals surface area contributed by atoms with Gasteiger partial charge in [0.05, 0.1) is 0 Å². The molecule has 2 aliphatic rings. The number of likely N-dealkylation sites (tertiary alicyclic amines) is 2. The van der Waals surface area contributed by atoms with Crippen molar-refractivity contribution in [3.8, 4) is 11.5 Å². The van der Waals surface area contributed by atoms with E-state index in [1.807, 2.05) is 72.8 Å². The zero-order valence-corrected chi connectivity index (χ0v) is 44.4. The number of hydrogen-bond acceptors (Lipinski definition) is 7. The van der Waals surface area contributed by atoms with Crippen LogP contribution in [0.5, 0.6) is 11.5 Å². The van der Waals surface area contributed by atoms with E-state index in [2.05, 4.69) is 59.2 Å². The number of ether oxygens (including phenoxy) is 1. The van der Waals surface area contributed by atoms with E-state index < -0.39 is 35.5 Å². The van der Waals surface area contributed by atoms with Crippen LogP contribution in [0.25, 0.3) is 0 Å². The summed E-state index contributed by atoms with van der Waals surface area (Å²) in [6, 6.07) is 52.2. The molecule has 6 aromatic rings. The number of Topliss-reactive ketones (excluding diaryl/α,β-unsaturated/α-hetero) is 2. The van der Waals surface area contributed by atoms with Crippen molar-refractivity contribution in [2.45, 2.75) is 140 Å². The molecule has 0 aromatic heterocycles. The van der Waals surface area contributed by atoms with Crippen molar-refractivity contribution in [1.29, 1.82) is 0 Å². The fraction of sp³-hybridized carbons (Fsp3) is 0.364. The summed E-state index contributed by atoms with van der Waals surface area (Å²) in [6.45, 7) is 0.641. The van der Waals surface area contributed by atoms with Crippen LogP contribution >= 0.6 is 0 Å². The molecule has 2 atom stereocenters. The van der Waals surface area contributed by atoms with Crippen LogP contribution in [0.2, 0.25) is 0 Å². The van der Waals surface area contributed by atoms with E-state index in [-0.39, 0.29) is 35.0 Å². The summed E-state index contributed by atoms with van der Waals surface area (Å²) in [5.41, 5.74) is 5.38. The summed E-state index contributed by atoms with van der Waals surface area (Å²) in [5.74, 6) is -2.45. The summed E-state index contributed by atoms with van der Waals surface area (Å²) >= 11 is 0.